The summed E-state index contributed by atoms with van der Waals surface area (Å²) in [5.41, 5.74) is 0. The standard InChI is InChI=1S/C9H13NO3S/c11-8-5(4-14)3-6-1-2-7(9(12)13)10(6)8/h5-7,14H,1-4H2,(H,12,13). The van der Waals surface area contributed by atoms with E-state index in [4.69, 9.17) is 5.11 Å². The Morgan fingerprint density at radius 2 is 2.29 bits per heavy atom. The smallest absolute Gasteiger partial charge is 0.326 e. The molecule has 14 heavy (non-hydrogen) atoms. The first-order chi connectivity index (χ1) is 6.65. The summed E-state index contributed by atoms with van der Waals surface area (Å²) in [7, 11) is 0. The molecule has 0 aromatic carbocycles. The molecule has 3 atom stereocenters. The van der Waals surface area contributed by atoms with Gasteiger partial charge in [-0.2, -0.15) is 12.6 Å². The Morgan fingerprint density at radius 3 is 2.86 bits per heavy atom. The molecule has 0 bridgehead atoms. The van der Waals surface area contributed by atoms with Crippen LogP contribution in [0.5, 0.6) is 0 Å². The Labute approximate surface area is 87.7 Å². The summed E-state index contributed by atoms with van der Waals surface area (Å²) in [6, 6.07) is -0.432. The van der Waals surface area contributed by atoms with E-state index in [9.17, 15) is 9.59 Å². The quantitative estimate of drug-likeness (QED) is 0.655. The highest BCUT2D eigenvalue weighted by molar-refractivity contribution is 7.80. The molecule has 0 radical (unpaired) electrons. The lowest BCUT2D eigenvalue weighted by Crippen LogP contribution is -2.41. The van der Waals surface area contributed by atoms with Crippen LogP contribution in [0.15, 0.2) is 0 Å². The SMILES string of the molecule is O=C(O)C1CCC2CC(CS)C(=O)N21. The number of aliphatic carboxylic acids is 1. The second-order valence-corrected chi connectivity index (χ2v) is 4.31. The molecular formula is C9H13NO3S. The molecule has 2 fully saturated rings. The maximum Gasteiger partial charge on any atom is 0.326 e. The third-order valence-electron chi connectivity index (χ3n) is 3.17. The number of carbonyl (C=O) groups excluding carboxylic acids is 1. The molecule has 2 rings (SSSR count). The molecule has 1 N–H and O–H groups in total. The number of amides is 1. The summed E-state index contributed by atoms with van der Waals surface area (Å²) in [5.74, 6) is -0.431. The van der Waals surface area contributed by atoms with E-state index in [1.165, 1.54) is 0 Å². The molecule has 2 heterocycles. The molecule has 0 aromatic rings. The number of fused-ring (bicyclic) bond motifs is 1. The summed E-state index contributed by atoms with van der Waals surface area (Å²) in [6.45, 7) is 0. The molecule has 0 aromatic heterocycles. The minimum absolute atomic E-state index is 0.0186. The molecule has 0 spiro atoms. The number of hydrogen-bond donors (Lipinski definition) is 2. The Bertz CT molecular complexity index is 281. The zero-order chi connectivity index (χ0) is 10.3. The number of nitrogens with zero attached hydrogens (tertiary/aromatic N) is 1. The van der Waals surface area contributed by atoms with E-state index in [1.54, 1.807) is 4.90 Å². The monoisotopic (exact) mass is 215 g/mol. The third kappa shape index (κ3) is 1.30. The zero-order valence-electron chi connectivity index (χ0n) is 7.72. The van der Waals surface area contributed by atoms with Crippen molar-refractivity contribution in [2.75, 3.05) is 5.75 Å². The molecule has 4 nitrogen and oxygen atoms in total. The number of carboxylic acids is 1. The highest BCUT2D eigenvalue weighted by atomic mass is 32.1. The van der Waals surface area contributed by atoms with E-state index in [2.05, 4.69) is 12.6 Å². The van der Waals surface area contributed by atoms with E-state index in [0.29, 0.717) is 12.2 Å². The van der Waals surface area contributed by atoms with Gasteiger partial charge in [-0.05, 0) is 19.3 Å². The summed E-state index contributed by atoms with van der Waals surface area (Å²) in [5, 5.41) is 8.92. The number of hydrogen-bond acceptors (Lipinski definition) is 3. The van der Waals surface area contributed by atoms with Gasteiger partial charge in [-0.1, -0.05) is 0 Å². The van der Waals surface area contributed by atoms with Crippen molar-refractivity contribution < 1.29 is 14.7 Å². The van der Waals surface area contributed by atoms with Gasteiger partial charge in [-0.3, -0.25) is 4.79 Å². The normalized spacial score (nSPS) is 36.2. The predicted octanol–water partition coefficient (Wildman–Crippen LogP) is 0.380. The van der Waals surface area contributed by atoms with Gasteiger partial charge in [0.2, 0.25) is 5.91 Å². The maximum atomic E-state index is 11.7. The Kier molecular flexibility index (Phi) is 2.43. The Balaban J connectivity index is 2.17. The van der Waals surface area contributed by atoms with Crippen LogP contribution in [0.25, 0.3) is 0 Å². The lowest BCUT2D eigenvalue weighted by atomic mass is 10.0. The van der Waals surface area contributed by atoms with Crippen molar-refractivity contribution in [1.82, 2.24) is 4.90 Å². The lowest BCUT2D eigenvalue weighted by molar-refractivity contribution is -0.148. The largest absolute Gasteiger partial charge is 0.480 e. The van der Waals surface area contributed by atoms with Gasteiger partial charge < -0.3 is 10.0 Å². The second kappa shape index (κ2) is 3.46. The highest BCUT2D eigenvalue weighted by Gasteiger charge is 2.48. The molecule has 5 heteroatoms. The predicted molar refractivity (Wildman–Crippen MR) is 53.3 cm³/mol. The average Bonchev–Trinajstić information content (AvgIpc) is 2.66. The van der Waals surface area contributed by atoms with E-state index >= 15 is 0 Å². The minimum Gasteiger partial charge on any atom is -0.480 e. The van der Waals surface area contributed by atoms with Crippen LogP contribution in [-0.2, 0) is 9.59 Å². The molecule has 3 unspecified atom stereocenters. The molecule has 2 aliphatic heterocycles. The van der Waals surface area contributed by atoms with Crippen LogP contribution >= 0.6 is 12.6 Å². The van der Waals surface area contributed by atoms with Gasteiger partial charge in [0, 0.05) is 17.7 Å². The zero-order valence-corrected chi connectivity index (χ0v) is 8.61. The summed E-state index contributed by atoms with van der Waals surface area (Å²) in [4.78, 5) is 24.2. The van der Waals surface area contributed by atoms with Crippen LogP contribution in [0, 0.1) is 5.92 Å². The van der Waals surface area contributed by atoms with E-state index < -0.39 is 12.0 Å². The van der Waals surface area contributed by atoms with E-state index in [1.807, 2.05) is 0 Å². The van der Waals surface area contributed by atoms with Gasteiger partial charge in [0.25, 0.3) is 0 Å². The molecule has 0 aliphatic carbocycles. The van der Waals surface area contributed by atoms with Crippen molar-refractivity contribution in [1.29, 1.82) is 0 Å². The van der Waals surface area contributed by atoms with Gasteiger partial charge in [0.05, 0.1) is 0 Å². The Morgan fingerprint density at radius 1 is 1.57 bits per heavy atom. The van der Waals surface area contributed by atoms with Crippen molar-refractivity contribution in [3.05, 3.63) is 0 Å². The first-order valence-electron chi connectivity index (χ1n) is 4.81. The maximum absolute atomic E-state index is 11.7. The topological polar surface area (TPSA) is 57.6 Å². The summed E-state index contributed by atoms with van der Waals surface area (Å²) >= 11 is 4.11. The van der Waals surface area contributed by atoms with Crippen molar-refractivity contribution in [3.8, 4) is 0 Å². The van der Waals surface area contributed by atoms with E-state index in [0.717, 1.165) is 12.8 Å². The average molecular weight is 215 g/mol. The molecule has 2 saturated heterocycles. The molecule has 0 saturated carbocycles. The van der Waals surface area contributed by atoms with Crippen LogP contribution in [0.4, 0.5) is 0 Å². The summed E-state index contributed by atoms with van der Waals surface area (Å²) < 4.78 is 0. The van der Waals surface area contributed by atoms with Crippen LogP contribution < -0.4 is 0 Å². The van der Waals surface area contributed by atoms with Crippen LogP contribution in [0.2, 0.25) is 0 Å². The van der Waals surface area contributed by atoms with Crippen molar-refractivity contribution in [3.63, 3.8) is 0 Å². The van der Waals surface area contributed by atoms with Gasteiger partial charge in [-0.25, -0.2) is 4.79 Å². The third-order valence-corrected chi connectivity index (χ3v) is 3.61. The Hall–Kier alpha value is -0.710. The highest BCUT2D eigenvalue weighted by Crippen LogP contribution is 2.36. The van der Waals surface area contributed by atoms with Crippen LogP contribution in [0.3, 0.4) is 0 Å². The van der Waals surface area contributed by atoms with E-state index in [-0.39, 0.29) is 17.9 Å². The van der Waals surface area contributed by atoms with Crippen LogP contribution in [0.1, 0.15) is 19.3 Å². The van der Waals surface area contributed by atoms with Crippen molar-refractivity contribution in [2.45, 2.75) is 31.3 Å². The lowest BCUT2D eigenvalue weighted by Gasteiger charge is -2.20. The first kappa shape index (κ1) is 9.83. The molecule has 78 valence electrons. The molecule has 1 amide bonds. The molecular weight excluding hydrogens is 202 g/mol. The van der Waals surface area contributed by atoms with Crippen molar-refractivity contribution >= 4 is 24.5 Å². The number of carboxylic acid groups (broad SMARTS) is 1. The fourth-order valence-corrected chi connectivity index (χ4v) is 2.79. The van der Waals surface area contributed by atoms with Gasteiger partial charge in [-0.15, -0.1) is 0 Å². The van der Waals surface area contributed by atoms with Crippen LogP contribution in [-0.4, -0.2) is 39.7 Å². The second-order valence-electron chi connectivity index (χ2n) is 3.95. The molecule has 2 aliphatic rings. The number of thiol groups is 1. The fraction of sp³-hybridized carbons (Fsp3) is 0.778. The number of carbonyl (C=O) groups is 2. The minimum atomic E-state index is -0.874. The first-order valence-corrected chi connectivity index (χ1v) is 5.44. The van der Waals surface area contributed by atoms with Gasteiger partial charge >= 0.3 is 5.97 Å². The summed E-state index contributed by atoms with van der Waals surface area (Å²) in [6.07, 6.45) is 2.21. The fourth-order valence-electron chi connectivity index (χ4n) is 2.48. The van der Waals surface area contributed by atoms with Gasteiger partial charge in [0.1, 0.15) is 6.04 Å². The van der Waals surface area contributed by atoms with Gasteiger partial charge in [0.15, 0.2) is 0 Å². The van der Waals surface area contributed by atoms with Crippen molar-refractivity contribution in [2.24, 2.45) is 5.92 Å². The number of rotatable bonds is 2.